The summed E-state index contributed by atoms with van der Waals surface area (Å²) in [5, 5.41) is 18.2. The highest BCUT2D eigenvalue weighted by atomic mass is 19.3. The Morgan fingerprint density at radius 2 is 1.41 bits per heavy atom. The van der Waals surface area contributed by atoms with Crippen molar-refractivity contribution in [2.24, 2.45) is 0 Å². The summed E-state index contributed by atoms with van der Waals surface area (Å²) < 4.78 is 46.1. The molecule has 2 aromatic carbocycles. The zero-order chi connectivity index (χ0) is 30.0. The second-order valence-corrected chi connectivity index (χ2v) is 10.3. The van der Waals surface area contributed by atoms with Gasteiger partial charge in [-0.3, -0.25) is 0 Å². The quantitative estimate of drug-likeness (QED) is 0.122. The summed E-state index contributed by atoms with van der Waals surface area (Å²) in [6, 6.07) is 11.4. The lowest BCUT2D eigenvalue weighted by molar-refractivity contribution is -0.277. The van der Waals surface area contributed by atoms with Crippen LogP contribution in [0.25, 0.3) is 0 Å². The number of rotatable bonds is 14. The van der Waals surface area contributed by atoms with Crippen molar-refractivity contribution < 1.29 is 42.8 Å². The average molecular weight is 573 g/mol. The maximum Gasteiger partial charge on any atom is 0.383 e. The van der Waals surface area contributed by atoms with Crippen LogP contribution in [0.15, 0.2) is 66.8 Å². The largest absolute Gasteiger partial charge is 0.423 e. The molecule has 0 bridgehead atoms. The molecule has 0 radical (unpaired) electrons. The number of aliphatic hydroxyl groups excluding tert-OH is 2. The minimum absolute atomic E-state index is 0.265. The highest BCUT2D eigenvalue weighted by Crippen LogP contribution is 2.41. The van der Waals surface area contributed by atoms with E-state index in [1.165, 1.54) is 24.0 Å². The van der Waals surface area contributed by atoms with E-state index in [1.807, 2.05) is 0 Å². The van der Waals surface area contributed by atoms with Crippen molar-refractivity contribution in [1.82, 2.24) is 0 Å². The predicted octanol–water partition coefficient (Wildman–Crippen LogP) is 6.12. The summed E-state index contributed by atoms with van der Waals surface area (Å²) >= 11 is 0. The van der Waals surface area contributed by atoms with Gasteiger partial charge in [-0.15, -0.1) is 0 Å². The van der Waals surface area contributed by atoms with Crippen LogP contribution in [0.4, 0.5) is 8.78 Å². The highest BCUT2D eigenvalue weighted by Gasteiger charge is 2.39. The molecular formula is C32H38F2O7. The first-order valence-corrected chi connectivity index (χ1v) is 13.9. The molecule has 0 aromatic heterocycles. The number of unbranched alkanes of at least 4 members (excludes halogenated alkanes) is 2. The smallest absolute Gasteiger partial charge is 0.383 e. The fourth-order valence-corrected chi connectivity index (χ4v) is 4.67. The standard InChI is InChI=1S/C32H38F2O7/c1-4-5-6-7-23-8-10-24(11-9-23)25-12-14-27(15-13-25)41-32(33,34)26-16-28(39-30(37)21(2)19-35)18-29(17-26)40-31(38)22(3)20-36/h8-11,16-18,25,27,35-36H,2-7,12-15,19-20H2,1H3. The van der Waals surface area contributed by atoms with Crippen LogP contribution in [-0.4, -0.2) is 41.5 Å². The van der Waals surface area contributed by atoms with E-state index >= 15 is 8.78 Å². The lowest BCUT2D eigenvalue weighted by atomic mass is 9.82. The third kappa shape index (κ3) is 9.31. The Labute approximate surface area is 239 Å². The maximum absolute atomic E-state index is 15.4. The van der Waals surface area contributed by atoms with E-state index in [0.717, 1.165) is 31.0 Å². The second kappa shape index (κ2) is 15.0. The summed E-state index contributed by atoms with van der Waals surface area (Å²) in [6.45, 7) is 7.49. The molecule has 7 nitrogen and oxygen atoms in total. The minimum Gasteiger partial charge on any atom is -0.423 e. The van der Waals surface area contributed by atoms with Crippen LogP contribution < -0.4 is 9.47 Å². The average Bonchev–Trinajstić information content (AvgIpc) is 2.96. The van der Waals surface area contributed by atoms with Gasteiger partial charge in [-0.2, -0.15) is 8.78 Å². The van der Waals surface area contributed by atoms with Crippen LogP contribution >= 0.6 is 0 Å². The normalized spacial score (nSPS) is 17.1. The Balaban J connectivity index is 1.69. The monoisotopic (exact) mass is 572 g/mol. The van der Waals surface area contributed by atoms with Crippen LogP contribution in [0.2, 0.25) is 0 Å². The third-order valence-corrected chi connectivity index (χ3v) is 7.11. The molecule has 1 aliphatic rings. The Hall–Kier alpha value is -3.40. The van der Waals surface area contributed by atoms with E-state index in [-0.39, 0.29) is 28.6 Å². The molecular weight excluding hydrogens is 534 g/mol. The van der Waals surface area contributed by atoms with Crippen LogP contribution in [0, 0.1) is 0 Å². The maximum atomic E-state index is 15.4. The van der Waals surface area contributed by atoms with E-state index in [2.05, 4.69) is 44.3 Å². The van der Waals surface area contributed by atoms with Gasteiger partial charge in [0.1, 0.15) is 11.5 Å². The molecule has 1 aliphatic carbocycles. The van der Waals surface area contributed by atoms with Crippen molar-refractivity contribution in [2.75, 3.05) is 13.2 Å². The number of benzene rings is 2. The number of esters is 2. The molecule has 0 atom stereocenters. The summed E-state index contributed by atoms with van der Waals surface area (Å²) in [5.74, 6) is -2.56. The molecule has 0 heterocycles. The van der Waals surface area contributed by atoms with Gasteiger partial charge in [0.25, 0.3) is 0 Å². The Morgan fingerprint density at radius 1 is 0.878 bits per heavy atom. The Kier molecular flexibility index (Phi) is 11.8. The van der Waals surface area contributed by atoms with E-state index in [9.17, 15) is 9.59 Å². The van der Waals surface area contributed by atoms with Crippen molar-refractivity contribution in [3.8, 4) is 11.5 Å². The third-order valence-electron chi connectivity index (χ3n) is 7.11. The van der Waals surface area contributed by atoms with Crippen LogP contribution in [0.1, 0.15) is 74.5 Å². The van der Waals surface area contributed by atoms with Crippen molar-refractivity contribution in [3.63, 3.8) is 0 Å². The lowest BCUT2D eigenvalue weighted by Gasteiger charge is -2.31. The fourth-order valence-electron chi connectivity index (χ4n) is 4.67. The van der Waals surface area contributed by atoms with Crippen LogP contribution in [0.3, 0.4) is 0 Å². The number of hydrogen-bond acceptors (Lipinski definition) is 7. The van der Waals surface area contributed by atoms with Gasteiger partial charge >= 0.3 is 18.0 Å². The van der Waals surface area contributed by atoms with E-state index < -0.39 is 42.9 Å². The molecule has 0 saturated heterocycles. The molecule has 1 saturated carbocycles. The number of carbonyl (C=O) groups is 2. The minimum atomic E-state index is -3.80. The molecule has 9 heteroatoms. The highest BCUT2D eigenvalue weighted by molar-refractivity contribution is 5.90. The number of carbonyl (C=O) groups excluding carboxylic acids is 2. The molecule has 0 unspecified atom stereocenters. The first-order valence-electron chi connectivity index (χ1n) is 13.9. The van der Waals surface area contributed by atoms with Crippen molar-refractivity contribution in [1.29, 1.82) is 0 Å². The summed E-state index contributed by atoms with van der Waals surface area (Å²) in [4.78, 5) is 24.2. The van der Waals surface area contributed by atoms with Crippen LogP contribution in [0.5, 0.6) is 11.5 Å². The first-order chi connectivity index (χ1) is 19.6. The van der Waals surface area contributed by atoms with Crippen molar-refractivity contribution in [2.45, 2.75) is 76.4 Å². The molecule has 2 N–H and O–H groups in total. The number of aryl methyl sites for hydroxylation is 1. The van der Waals surface area contributed by atoms with E-state index in [1.54, 1.807) is 0 Å². The van der Waals surface area contributed by atoms with Gasteiger partial charge in [-0.05, 0) is 67.7 Å². The predicted molar refractivity (Wildman–Crippen MR) is 150 cm³/mol. The molecule has 2 aromatic rings. The molecule has 222 valence electrons. The number of alkyl halides is 2. The molecule has 1 fully saturated rings. The summed E-state index contributed by atoms with van der Waals surface area (Å²) in [7, 11) is 0. The topological polar surface area (TPSA) is 102 Å². The lowest BCUT2D eigenvalue weighted by Crippen LogP contribution is -2.29. The van der Waals surface area contributed by atoms with E-state index in [0.29, 0.717) is 25.7 Å². The molecule has 0 aliphatic heterocycles. The molecule has 0 spiro atoms. The van der Waals surface area contributed by atoms with Gasteiger partial charge in [0, 0.05) is 6.07 Å². The molecule has 41 heavy (non-hydrogen) atoms. The molecule has 0 amide bonds. The van der Waals surface area contributed by atoms with Gasteiger partial charge in [0.15, 0.2) is 0 Å². The first kappa shape index (κ1) is 32.1. The fraction of sp³-hybridized carbons (Fsp3) is 0.438. The van der Waals surface area contributed by atoms with Gasteiger partial charge in [-0.1, -0.05) is 57.2 Å². The second-order valence-electron chi connectivity index (χ2n) is 10.3. The number of aliphatic hydroxyl groups is 2. The van der Waals surface area contributed by atoms with Gasteiger partial charge in [-0.25, -0.2) is 9.59 Å². The zero-order valence-electron chi connectivity index (χ0n) is 23.4. The van der Waals surface area contributed by atoms with Gasteiger partial charge in [0.05, 0.1) is 36.0 Å². The van der Waals surface area contributed by atoms with E-state index in [4.69, 9.17) is 24.4 Å². The zero-order valence-corrected chi connectivity index (χ0v) is 23.4. The number of ether oxygens (including phenoxy) is 3. The SMILES string of the molecule is C=C(CO)C(=O)Oc1cc(OC(=O)C(=C)CO)cc(C(F)(F)OC2CCC(c3ccc(CCCCC)cc3)CC2)c1. The number of hydrogen-bond donors (Lipinski definition) is 2. The Bertz CT molecular complexity index is 1170. The summed E-state index contributed by atoms with van der Waals surface area (Å²) in [6.07, 6.45) is 2.35. The van der Waals surface area contributed by atoms with Crippen molar-refractivity contribution in [3.05, 3.63) is 83.5 Å². The Morgan fingerprint density at radius 3 is 1.90 bits per heavy atom. The van der Waals surface area contributed by atoms with Gasteiger partial charge < -0.3 is 24.4 Å². The van der Waals surface area contributed by atoms with Gasteiger partial charge in [0.2, 0.25) is 0 Å². The summed E-state index contributed by atoms with van der Waals surface area (Å²) in [5.41, 5.74) is 1.21. The number of halogens is 2. The molecule has 3 rings (SSSR count). The van der Waals surface area contributed by atoms with Crippen molar-refractivity contribution >= 4 is 11.9 Å². The van der Waals surface area contributed by atoms with Crippen LogP contribution in [-0.2, 0) is 26.9 Å².